The first-order valence-electron chi connectivity index (χ1n) is 10.8. The van der Waals surface area contributed by atoms with Crippen molar-refractivity contribution < 1.29 is 24.5 Å². The molecule has 2 atom stereocenters. The number of nitrogens with zero attached hydrogens (tertiary/aromatic N) is 1. The van der Waals surface area contributed by atoms with Crippen LogP contribution >= 0.6 is 0 Å². The fourth-order valence-corrected chi connectivity index (χ4v) is 4.13. The Kier molecular flexibility index (Phi) is 5.75. The topological polar surface area (TPSA) is 137 Å². The summed E-state index contributed by atoms with van der Waals surface area (Å²) in [4.78, 5) is 33.1. The number of ether oxygens (including phenoxy) is 1. The van der Waals surface area contributed by atoms with E-state index in [0.29, 0.717) is 29.7 Å². The van der Waals surface area contributed by atoms with Gasteiger partial charge in [0.25, 0.3) is 11.8 Å². The maximum absolute atomic E-state index is 13.1. The van der Waals surface area contributed by atoms with E-state index in [2.05, 4.69) is 20.6 Å². The van der Waals surface area contributed by atoms with Gasteiger partial charge >= 0.3 is 0 Å². The molecule has 2 amide bonds. The summed E-state index contributed by atoms with van der Waals surface area (Å²) < 4.78 is 6.16. The fraction of sp³-hybridized carbons (Fsp3) is 0.375. The molecule has 9 heteroatoms. The number of anilines is 1. The Morgan fingerprint density at radius 2 is 1.94 bits per heavy atom. The summed E-state index contributed by atoms with van der Waals surface area (Å²) in [5.41, 5.74) is 3.30. The van der Waals surface area contributed by atoms with Crippen molar-refractivity contribution in [3.05, 3.63) is 46.5 Å². The van der Waals surface area contributed by atoms with Gasteiger partial charge in [0.15, 0.2) is 5.60 Å². The SMILES string of the molecule is Cc1c(C)c2c(c(C)c1O)CCC(C)(C(=O)NC(CO)C(=O)Nc1nc3ccccc3[nH]1)O2. The Labute approximate surface area is 191 Å². The highest BCUT2D eigenvalue weighted by Gasteiger charge is 2.42. The number of aliphatic hydroxyl groups excluding tert-OH is 1. The molecule has 9 nitrogen and oxygen atoms in total. The summed E-state index contributed by atoms with van der Waals surface area (Å²) in [5.74, 6) is -0.0546. The molecule has 1 aromatic heterocycles. The van der Waals surface area contributed by atoms with Crippen LogP contribution in [0.4, 0.5) is 5.95 Å². The quantitative estimate of drug-likeness (QED) is 0.403. The Morgan fingerprint density at radius 1 is 1.21 bits per heavy atom. The molecular weight excluding hydrogens is 424 g/mol. The lowest BCUT2D eigenvalue weighted by Gasteiger charge is -2.37. The summed E-state index contributed by atoms with van der Waals surface area (Å²) >= 11 is 0. The number of aromatic amines is 1. The van der Waals surface area contributed by atoms with Gasteiger partial charge < -0.3 is 25.3 Å². The molecule has 0 saturated heterocycles. The summed E-state index contributed by atoms with van der Waals surface area (Å²) in [6, 6.07) is 6.13. The Hall–Kier alpha value is -3.59. The number of carbonyl (C=O) groups is 2. The largest absolute Gasteiger partial charge is 0.507 e. The van der Waals surface area contributed by atoms with E-state index in [1.54, 1.807) is 19.9 Å². The maximum atomic E-state index is 13.1. The molecule has 0 saturated carbocycles. The minimum atomic E-state index is -1.24. The van der Waals surface area contributed by atoms with Crippen molar-refractivity contribution >= 4 is 28.8 Å². The van der Waals surface area contributed by atoms with Crippen LogP contribution in [-0.2, 0) is 16.0 Å². The number of phenolic OH excluding ortho intramolecular Hbond substituents is 1. The van der Waals surface area contributed by atoms with Crippen molar-refractivity contribution in [3.63, 3.8) is 0 Å². The van der Waals surface area contributed by atoms with Crippen molar-refractivity contribution in [2.75, 3.05) is 11.9 Å². The zero-order valence-electron chi connectivity index (χ0n) is 19.1. The maximum Gasteiger partial charge on any atom is 0.264 e. The Bertz CT molecular complexity index is 1220. The number of hydrogen-bond acceptors (Lipinski definition) is 6. The highest BCUT2D eigenvalue weighted by molar-refractivity contribution is 5.98. The number of fused-ring (bicyclic) bond motifs is 2. The van der Waals surface area contributed by atoms with Crippen LogP contribution in [0.5, 0.6) is 11.5 Å². The second-order valence-corrected chi connectivity index (χ2v) is 8.66. The summed E-state index contributed by atoms with van der Waals surface area (Å²) in [5, 5.41) is 25.3. The summed E-state index contributed by atoms with van der Waals surface area (Å²) in [6.07, 6.45) is 0.896. The van der Waals surface area contributed by atoms with Gasteiger partial charge in [0.05, 0.1) is 17.6 Å². The molecule has 2 aromatic carbocycles. The molecule has 0 spiro atoms. The minimum absolute atomic E-state index is 0.226. The van der Waals surface area contributed by atoms with Crippen LogP contribution in [-0.4, -0.2) is 50.2 Å². The van der Waals surface area contributed by atoms with Crippen LogP contribution in [0.2, 0.25) is 0 Å². The number of hydrogen-bond donors (Lipinski definition) is 5. The van der Waals surface area contributed by atoms with Crippen LogP contribution < -0.4 is 15.4 Å². The second kappa shape index (κ2) is 8.40. The number of benzene rings is 2. The van der Waals surface area contributed by atoms with Crippen LogP contribution in [0.25, 0.3) is 11.0 Å². The number of para-hydroxylation sites is 2. The van der Waals surface area contributed by atoms with Crippen LogP contribution in [0.3, 0.4) is 0 Å². The highest BCUT2D eigenvalue weighted by atomic mass is 16.5. The molecule has 0 bridgehead atoms. The number of H-pyrrole nitrogens is 1. The van der Waals surface area contributed by atoms with Gasteiger partial charge in [0, 0.05) is 12.0 Å². The smallest absolute Gasteiger partial charge is 0.264 e. The van der Waals surface area contributed by atoms with Crippen molar-refractivity contribution in [3.8, 4) is 11.5 Å². The summed E-state index contributed by atoms with van der Waals surface area (Å²) in [7, 11) is 0. The molecule has 1 aliphatic heterocycles. The number of carbonyl (C=O) groups excluding carboxylic acids is 2. The van der Waals surface area contributed by atoms with Gasteiger partial charge in [0.1, 0.15) is 17.5 Å². The predicted molar refractivity (Wildman–Crippen MR) is 123 cm³/mol. The third-order valence-corrected chi connectivity index (χ3v) is 6.44. The van der Waals surface area contributed by atoms with Crippen LogP contribution in [0.1, 0.15) is 35.6 Å². The van der Waals surface area contributed by atoms with Crippen LogP contribution in [0, 0.1) is 20.8 Å². The van der Waals surface area contributed by atoms with E-state index in [9.17, 15) is 19.8 Å². The first-order valence-corrected chi connectivity index (χ1v) is 10.8. The molecule has 3 aromatic rings. The number of aromatic nitrogens is 2. The van der Waals surface area contributed by atoms with E-state index in [1.807, 2.05) is 32.0 Å². The van der Waals surface area contributed by atoms with E-state index < -0.39 is 30.1 Å². The Morgan fingerprint density at radius 3 is 2.64 bits per heavy atom. The lowest BCUT2D eigenvalue weighted by atomic mass is 9.86. The van der Waals surface area contributed by atoms with Crippen molar-refractivity contribution in [1.82, 2.24) is 15.3 Å². The van der Waals surface area contributed by atoms with E-state index in [1.165, 1.54) is 0 Å². The van der Waals surface area contributed by atoms with E-state index in [4.69, 9.17) is 4.74 Å². The average Bonchev–Trinajstić information content (AvgIpc) is 3.21. The standard InChI is InChI=1S/C24H28N4O5/c1-12-13(2)20-15(14(3)19(12)30)9-10-24(4,33-20)22(32)25-18(11-29)21(31)28-23-26-16-7-5-6-8-17(16)27-23/h5-8,18,29-30H,9-11H2,1-4H3,(H,25,32)(H2,26,27,28,31). The number of amides is 2. The fourth-order valence-electron chi connectivity index (χ4n) is 4.13. The van der Waals surface area contributed by atoms with Gasteiger partial charge in [-0.2, -0.15) is 0 Å². The van der Waals surface area contributed by atoms with Gasteiger partial charge in [-0.1, -0.05) is 12.1 Å². The molecular formula is C24H28N4O5. The highest BCUT2D eigenvalue weighted by Crippen LogP contribution is 2.43. The number of aliphatic hydroxyl groups is 1. The zero-order chi connectivity index (χ0) is 23.9. The van der Waals surface area contributed by atoms with Gasteiger partial charge in [-0.05, 0) is 62.9 Å². The number of aromatic hydroxyl groups is 1. The summed E-state index contributed by atoms with van der Waals surface area (Å²) in [6.45, 7) is 6.55. The van der Waals surface area contributed by atoms with Crippen molar-refractivity contribution in [2.24, 2.45) is 0 Å². The molecule has 4 rings (SSSR count). The molecule has 0 aliphatic carbocycles. The molecule has 0 fully saturated rings. The predicted octanol–water partition coefficient (Wildman–Crippen LogP) is 2.39. The first-order chi connectivity index (χ1) is 15.6. The first kappa shape index (κ1) is 22.6. The number of phenols is 1. The van der Waals surface area contributed by atoms with E-state index in [0.717, 1.165) is 22.2 Å². The van der Waals surface area contributed by atoms with Crippen molar-refractivity contribution in [2.45, 2.75) is 52.2 Å². The lowest BCUT2D eigenvalue weighted by Crippen LogP contribution is -2.57. The average molecular weight is 453 g/mol. The normalized spacial score (nSPS) is 18.3. The van der Waals surface area contributed by atoms with E-state index in [-0.39, 0.29) is 11.7 Å². The number of nitrogens with one attached hydrogen (secondary N) is 3. The van der Waals surface area contributed by atoms with Gasteiger partial charge in [-0.25, -0.2) is 4.98 Å². The number of imidazole rings is 1. The second-order valence-electron chi connectivity index (χ2n) is 8.66. The molecule has 5 N–H and O–H groups in total. The molecule has 2 heterocycles. The van der Waals surface area contributed by atoms with Crippen LogP contribution in [0.15, 0.2) is 24.3 Å². The molecule has 2 unspecified atom stereocenters. The van der Waals surface area contributed by atoms with Gasteiger partial charge in [-0.15, -0.1) is 0 Å². The molecule has 1 aliphatic rings. The molecule has 33 heavy (non-hydrogen) atoms. The minimum Gasteiger partial charge on any atom is -0.507 e. The van der Waals surface area contributed by atoms with E-state index >= 15 is 0 Å². The molecule has 174 valence electrons. The third-order valence-electron chi connectivity index (χ3n) is 6.44. The Balaban J connectivity index is 1.50. The number of rotatable bonds is 5. The monoisotopic (exact) mass is 452 g/mol. The molecule has 0 radical (unpaired) electrons. The third kappa shape index (κ3) is 4.00. The van der Waals surface area contributed by atoms with Gasteiger partial charge in [0.2, 0.25) is 5.95 Å². The van der Waals surface area contributed by atoms with Crippen molar-refractivity contribution in [1.29, 1.82) is 0 Å². The van der Waals surface area contributed by atoms with Gasteiger partial charge in [-0.3, -0.25) is 14.9 Å². The lowest BCUT2D eigenvalue weighted by molar-refractivity contribution is -0.140. The zero-order valence-corrected chi connectivity index (χ0v) is 19.1.